The number of benzene rings is 2. The third-order valence-electron chi connectivity index (χ3n) is 3.57. The second-order valence-electron chi connectivity index (χ2n) is 5.24. The number of hydrogen-bond donors (Lipinski definition) is 1. The molecule has 0 aliphatic carbocycles. The standard InChI is InChI=1S/C18H12FNO4S/c19-11-6-7-15-13(8-11)17(23)14(10-25-15)18(24)20(9-16(21)22)12-4-2-1-3-5-12/h1-8,10H,9H2,(H,21,22). The molecule has 5 nitrogen and oxygen atoms in total. The van der Waals surface area contributed by atoms with Crippen LogP contribution in [0.1, 0.15) is 10.4 Å². The van der Waals surface area contributed by atoms with Crippen LogP contribution in [-0.2, 0) is 4.79 Å². The van der Waals surface area contributed by atoms with E-state index in [1.807, 2.05) is 0 Å². The summed E-state index contributed by atoms with van der Waals surface area (Å²) in [6.45, 7) is -0.589. The van der Waals surface area contributed by atoms with E-state index in [4.69, 9.17) is 5.11 Å². The van der Waals surface area contributed by atoms with Gasteiger partial charge in [0.1, 0.15) is 12.4 Å². The number of rotatable bonds is 4. The molecule has 0 unspecified atom stereocenters. The van der Waals surface area contributed by atoms with Crippen molar-refractivity contribution in [3.63, 3.8) is 0 Å². The zero-order valence-corrected chi connectivity index (χ0v) is 13.6. The van der Waals surface area contributed by atoms with E-state index in [2.05, 4.69) is 0 Å². The van der Waals surface area contributed by atoms with Crippen LogP contribution in [0.25, 0.3) is 10.1 Å². The van der Waals surface area contributed by atoms with Gasteiger partial charge < -0.3 is 5.11 Å². The molecular weight excluding hydrogens is 345 g/mol. The third kappa shape index (κ3) is 3.41. The van der Waals surface area contributed by atoms with Crippen molar-refractivity contribution in [3.05, 3.63) is 75.5 Å². The number of halogens is 1. The maximum atomic E-state index is 13.4. The number of carboxylic acid groups (broad SMARTS) is 1. The quantitative estimate of drug-likeness (QED) is 0.778. The Hall–Kier alpha value is -3.06. The number of carbonyl (C=O) groups excluding carboxylic acids is 1. The summed E-state index contributed by atoms with van der Waals surface area (Å²) in [4.78, 5) is 37.5. The van der Waals surface area contributed by atoms with Crippen molar-refractivity contribution in [1.29, 1.82) is 0 Å². The fourth-order valence-electron chi connectivity index (χ4n) is 2.42. The number of anilines is 1. The number of hydrogen-bond acceptors (Lipinski definition) is 4. The summed E-state index contributed by atoms with van der Waals surface area (Å²) in [5.41, 5.74) is -0.448. The molecule has 0 spiro atoms. The first-order valence-electron chi connectivity index (χ1n) is 7.27. The van der Waals surface area contributed by atoms with Gasteiger partial charge in [0, 0.05) is 21.2 Å². The number of carboxylic acids is 1. The van der Waals surface area contributed by atoms with Crippen molar-refractivity contribution in [1.82, 2.24) is 0 Å². The minimum Gasteiger partial charge on any atom is -0.480 e. The van der Waals surface area contributed by atoms with Gasteiger partial charge in [-0.05, 0) is 30.3 Å². The van der Waals surface area contributed by atoms with Crippen molar-refractivity contribution in [2.75, 3.05) is 11.4 Å². The van der Waals surface area contributed by atoms with E-state index in [1.165, 1.54) is 17.5 Å². The van der Waals surface area contributed by atoms with Crippen LogP contribution in [0, 0.1) is 5.82 Å². The molecule has 3 aromatic rings. The van der Waals surface area contributed by atoms with Crippen LogP contribution < -0.4 is 10.3 Å². The average molecular weight is 357 g/mol. The smallest absolute Gasteiger partial charge is 0.323 e. The molecule has 0 radical (unpaired) electrons. The molecule has 1 aromatic heterocycles. The van der Waals surface area contributed by atoms with E-state index in [0.29, 0.717) is 10.4 Å². The topological polar surface area (TPSA) is 74.7 Å². The van der Waals surface area contributed by atoms with Gasteiger partial charge in [-0.1, -0.05) is 18.2 Å². The van der Waals surface area contributed by atoms with Crippen LogP contribution in [0.15, 0.2) is 58.7 Å². The first-order chi connectivity index (χ1) is 12.0. The Labute approximate surface area is 145 Å². The summed E-state index contributed by atoms with van der Waals surface area (Å²) in [6, 6.07) is 12.0. The van der Waals surface area contributed by atoms with Gasteiger partial charge >= 0.3 is 5.97 Å². The lowest BCUT2D eigenvalue weighted by atomic mass is 10.1. The maximum absolute atomic E-state index is 13.4. The molecule has 25 heavy (non-hydrogen) atoms. The Morgan fingerprint density at radius 3 is 2.52 bits per heavy atom. The highest BCUT2D eigenvalue weighted by Crippen LogP contribution is 2.21. The highest BCUT2D eigenvalue weighted by atomic mass is 32.1. The largest absolute Gasteiger partial charge is 0.480 e. The van der Waals surface area contributed by atoms with Crippen LogP contribution >= 0.6 is 11.3 Å². The van der Waals surface area contributed by atoms with E-state index < -0.39 is 29.7 Å². The predicted molar refractivity (Wildman–Crippen MR) is 93.8 cm³/mol. The van der Waals surface area contributed by atoms with Gasteiger partial charge in [0.25, 0.3) is 5.91 Å². The number of amides is 1. The van der Waals surface area contributed by atoms with E-state index >= 15 is 0 Å². The fraction of sp³-hybridized carbons (Fsp3) is 0.0556. The Morgan fingerprint density at radius 1 is 1.12 bits per heavy atom. The van der Waals surface area contributed by atoms with Gasteiger partial charge in [0.15, 0.2) is 0 Å². The predicted octanol–water partition coefficient (Wildman–Crippen LogP) is 3.13. The molecule has 0 bridgehead atoms. The minimum atomic E-state index is -1.21. The number of nitrogens with zero attached hydrogens (tertiary/aromatic N) is 1. The van der Waals surface area contributed by atoms with Crippen LogP contribution in [-0.4, -0.2) is 23.5 Å². The summed E-state index contributed by atoms with van der Waals surface area (Å²) in [6.07, 6.45) is 0. The molecule has 2 aromatic carbocycles. The molecular formula is C18H12FNO4S. The van der Waals surface area contributed by atoms with E-state index in [0.717, 1.165) is 22.3 Å². The molecule has 126 valence electrons. The van der Waals surface area contributed by atoms with Crippen molar-refractivity contribution in [3.8, 4) is 0 Å². The highest BCUT2D eigenvalue weighted by molar-refractivity contribution is 7.16. The maximum Gasteiger partial charge on any atom is 0.323 e. The van der Waals surface area contributed by atoms with Gasteiger partial charge in [-0.3, -0.25) is 19.3 Å². The van der Waals surface area contributed by atoms with Gasteiger partial charge in [0.05, 0.1) is 5.56 Å². The molecule has 0 saturated heterocycles. The molecule has 1 N–H and O–H groups in total. The van der Waals surface area contributed by atoms with Crippen LogP contribution in [0.4, 0.5) is 10.1 Å². The summed E-state index contributed by atoms with van der Waals surface area (Å²) < 4.78 is 14.0. The molecule has 0 aliphatic rings. The van der Waals surface area contributed by atoms with Crippen LogP contribution in [0.2, 0.25) is 0 Å². The Morgan fingerprint density at radius 2 is 1.84 bits per heavy atom. The average Bonchev–Trinajstić information content (AvgIpc) is 2.60. The SMILES string of the molecule is O=C(O)CN(C(=O)c1csc2ccc(F)cc2c1=O)c1ccccc1. The lowest BCUT2D eigenvalue weighted by Crippen LogP contribution is -2.38. The number of carbonyl (C=O) groups is 2. The summed E-state index contributed by atoms with van der Waals surface area (Å²) in [7, 11) is 0. The summed E-state index contributed by atoms with van der Waals surface area (Å²) in [5.74, 6) is -2.52. The second kappa shape index (κ2) is 6.82. The van der Waals surface area contributed by atoms with E-state index in [9.17, 15) is 18.8 Å². The monoisotopic (exact) mass is 357 g/mol. The molecule has 1 heterocycles. The molecule has 0 fully saturated rings. The first-order valence-corrected chi connectivity index (χ1v) is 8.15. The van der Waals surface area contributed by atoms with Crippen LogP contribution in [0.3, 0.4) is 0 Å². The third-order valence-corrected chi connectivity index (χ3v) is 4.53. The molecule has 0 atom stereocenters. The van der Waals surface area contributed by atoms with Gasteiger partial charge in [0.2, 0.25) is 5.43 Å². The van der Waals surface area contributed by atoms with Gasteiger partial charge in [-0.2, -0.15) is 0 Å². The number of aliphatic carboxylic acids is 1. The van der Waals surface area contributed by atoms with Crippen molar-refractivity contribution in [2.24, 2.45) is 0 Å². The Bertz CT molecular complexity index is 1020. The van der Waals surface area contributed by atoms with Gasteiger partial charge in [-0.25, -0.2) is 4.39 Å². The van der Waals surface area contributed by atoms with Crippen molar-refractivity contribution >= 4 is 39.0 Å². The molecule has 1 amide bonds. The van der Waals surface area contributed by atoms with Gasteiger partial charge in [-0.15, -0.1) is 11.3 Å². The number of para-hydroxylation sites is 1. The van der Waals surface area contributed by atoms with Crippen molar-refractivity contribution < 1.29 is 19.1 Å². The molecule has 0 saturated carbocycles. The zero-order valence-electron chi connectivity index (χ0n) is 12.8. The summed E-state index contributed by atoms with van der Waals surface area (Å²) in [5, 5.41) is 10.6. The highest BCUT2D eigenvalue weighted by Gasteiger charge is 2.23. The van der Waals surface area contributed by atoms with E-state index in [-0.39, 0.29) is 10.9 Å². The zero-order chi connectivity index (χ0) is 18.0. The first kappa shape index (κ1) is 16.8. The lowest BCUT2D eigenvalue weighted by molar-refractivity contribution is -0.135. The lowest BCUT2D eigenvalue weighted by Gasteiger charge is -2.20. The minimum absolute atomic E-state index is 0.0965. The second-order valence-corrected chi connectivity index (χ2v) is 6.15. The summed E-state index contributed by atoms with van der Waals surface area (Å²) >= 11 is 1.12. The molecule has 7 heteroatoms. The molecule has 3 rings (SSSR count). The molecule has 0 aliphatic heterocycles. The van der Waals surface area contributed by atoms with Crippen LogP contribution in [0.5, 0.6) is 0 Å². The fourth-order valence-corrected chi connectivity index (χ4v) is 3.30. The Balaban J connectivity index is 2.11. The normalized spacial score (nSPS) is 10.6. The van der Waals surface area contributed by atoms with Crippen molar-refractivity contribution in [2.45, 2.75) is 0 Å². The Kier molecular flexibility index (Phi) is 4.58. The van der Waals surface area contributed by atoms with E-state index in [1.54, 1.807) is 30.3 Å². The number of fused-ring (bicyclic) bond motifs is 1.